The molecule has 2 nitrogen and oxygen atoms in total. The fourth-order valence-electron chi connectivity index (χ4n) is 11.5. The van der Waals surface area contributed by atoms with Gasteiger partial charge in [0.2, 0.25) is 0 Å². The van der Waals surface area contributed by atoms with Gasteiger partial charge in [-0.25, -0.2) is 0 Å². The third-order valence-electron chi connectivity index (χ3n) is 13.6. The first-order valence-corrected chi connectivity index (χ1v) is 19.0. The first-order valence-electron chi connectivity index (χ1n) is 19.0. The minimum atomic E-state index is -0.0874. The lowest BCUT2D eigenvalue weighted by molar-refractivity contribution is 0.327. The average Bonchev–Trinajstić information content (AvgIpc) is 3.93. The van der Waals surface area contributed by atoms with E-state index in [4.69, 9.17) is 4.42 Å². The number of anilines is 3. The van der Waals surface area contributed by atoms with Crippen molar-refractivity contribution in [1.29, 1.82) is 0 Å². The topological polar surface area (TPSA) is 16.4 Å². The molecule has 3 atom stereocenters. The Morgan fingerprint density at radius 2 is 1.27 bits per heavy atom. The van der Waals surface area contributed by atoms with Crippen LogP contribution in [0.4, 0.5) is 17.1 Å². The zero-order valence-corrected chi connectivity index (χ0v) is 30.2. The lowest BCUT2D eigenvalue weighted by Crippen LogP contribution is -2.32. The Morgan fingerprint density at radius 3 is 2.00 bits per heavy atom. The van der Waals surface area contributed by atoms with Crippen LogP contribution in [0.15, 0.2) is 114 Å². The average molecular weight is 662 g/mol. The maximum Gasteiger partial charge on any atom is 0.138 e. The number of aryl methyl sites for hydroxylation is 3. The molecule has 1 heterocycles. The molecule has 0 radical (unpaired) electrons. The SMILES string of the molecule is Cc1cc(C)c2c(c1)oc1c(C)cc(N(c3ccc4c(c3)C(C)(C)c3ccccc3-4)c3ccc4c(c3)C3(CC5CCC3C5)c3ccccc3-4)cc12. The van der Waals surface area contributed by atoms with Crippen LogP contribution in [0.3, 0.4) is 0 Å². The highest BCUT2D eigenvalue weighted by atomic mass is 16.3. The predicted molar refractivity (Wildman–Crippen MR) is 212 cm³/mol. The Balaban J connectivity index is 1.17. The number of fused-ring (bicyclic) bond motifs is 14. The monoisotopic (exact) mass is 661 g/mol. The molecular formula is C49H43NO. The molecule has 2 bridgehead atoms. The van der Waals surface area contributed by atoms with Gasteiger partial charge in [-0.3, -0.25) is 0 Å². The van der Waals surface area contributed by atoms with Gasteiger partial charge in [0.1, 0.15) is 11.2 Å². The smallest absolute Gasteiger partial charge is 0.138 e. The summed E-state index contributed by atoms with van der Waals surface area (Å²) < 4.78 is 6.58. The molecule has 1 aromatic heterocycles. The van der Waals surface area contributed by atoms with Crippen molar-refractivity contribution < 1.29 is 4.42 Å². The van der Waals surface area contributed by atoms with E-state index in [1.807, 2.05) is 0 Å². The molecule has 0 saturated heterocycles. The molecule has 1 spiro atoms. The number of hydrogen-bond acceptors (Lipinski definition) is 2. The van der Waals surface area contributed by atoms with Crippen LogP contribution in [0.1, 0.15) is 78.5 Å². The van der Waals surface area contributed by atoms with Crippen LogP contribution in [-0.2, 0) is 10.8 Å². The number of hydrogen-bond donors (Lipinski definition) is 0. The number of furan rings is 1. The van der Waals surface area contributed by atoms with Gasteiger partial charge in [0, 0.05) is 38.7 Å². The summed E-state index contributed by atoms with van der Waals surface area (Å²) in [5.41, 5.74) is 20.8. The number of benzene rings is 6. The molecule has 250 valence electrons. The van der Waals surface area contributed by atoms with Gasteiger partial charge < -0.3 is 9.32 Å². The van der Waals surface area contributed by atoms with E-state index < -0.39 is 0 Å². The van der Waals surface area contributed by atoms with Crippen molar-refractivity contribution in [2.45, 2.75) is 71.1 Å². The van der Waals surface area contributed by atoms with Gasteiger partial charge in [-0.15, -0.1) is 0 Å². The van der Waals surface area contributed by atoms with Crippen molar-refractivity contribution in [3.05, 3.63) is 148 Å². The van der Waals surface area contributed by atoms with Gasteiger partial charge in [-0.1, -0.05) is 87.0 Å². The van der Waals surface area contributed by atoms with Crippen molar-refractivity contribution in [3.8, 4) is 22.3 Å². The fourth-order valence-corrected chi connectivity index (χ4v) is 11.5. The standard InChI is InChI=1S/C49H43NO/c1-28-20-29(2)46-40-24-35(22-30(3)47(40)51-45(46)21-28)50(33-16-18-38-36-10-6-8-12-41(36)48(4,5)43(38)25-33)34-17-19-39-37-11-7-9-13-42(37)49(44(39)26-34)27-31-14-15-32(49)23-31/h6-13,16-22,24-26,31-32H,14-15,23,27H2,1-5H3. The summed E-state index contributed by atoms with van der Waals surface area (Å²) in [6.45, 7) is 11.4. The van der Waals surface area contributed by atoms with Gasteiger partial charge in [-0.05, 0) is 156 Å². The molecule has 0 amide bonds. The minimum Gasteiger partial charge on any atom is -0.456 e. The second-order valence-corrected chi connectivity index (χ2v) is 16.8. The molecule has 2 saturated carbocycles. The Bertz CT molecular complexity index is 2640. The Morgan fingerprint density at radius 1 is 0.608 bits per heavy atom. The molecule has 11 rings (SSSR count). The van der Waals surface area contributed by atoms with Gasteiger partial charge in [-0.2, -0.15) is 0 Å². The highest BCUT2D eigenvalue weighted by Gasteiger charge is 2.56. The third kappa shape index (κ3) is 3.83. The van der Waals surface area contributed by atoms with Gasteiger partial charge >= 0.3 is 0 Å². The minimum absolute atomic E-state index is 0.0874. The molecular weight excluding hydrogens is 619 g/mol. The highest BCUT2D eigenvalue weighted by molar-refractivity contribution is 6.09. The highest BCUT2D eigenvalue weighted by Crippen LogP contribution is 2.66. The van der Waals surface area contributed by atoms with E-state index in [-0.39, 0.29) is 10.8 Å². The van der Waals surface area contributed by atoms with Crippen LogP contribution in [0.25, 0.3) is 44.2 Å². The van der Waals surface area contributed by atoms with Crippen molar-refractivity contribution >= 4 is 39.0 Å². The maximum absolute atomic E-state index is 6.58. The molecule has 6 aromatic carbocycles. The van der Waals surface area contributed by atoms with Crippen LogP contribution in [0.2, 0.25) is 0 Å². The van der Waals surface area contributed by atoms with E-state index in [0.29, 0.717) is 0 Å². The largest absolute Gasteiger partial charge is 0.456 e. The molecule has 2 heteroatoms. The van der Waals surface area contributed by atoms with Gasteiger partial charge in [0.05, 0.1) is 0 Å². The predicted octanol–water partition coefficient (Wildman–Crippen LogP) is 13.4. The van der Waals surface area contributed by atoms with E-state index in [9.17, 15) is 0 Å². The summed E-state index contributed by atoms with van der Waals surface area (Å²) in [4.78, 5) is 2.54. The van der Waals surface area contributed by atoms with Crippen LogP contribution >= 0.6 is 0 Å². The number of rotatable bonds is 3. The van der Waals surface area contributed by atoms with Gasteiger partial charge in [0.25, 0.3) is 0 Å². The first kappa shape index (κ1) is 29.6. The van der Waals surface area contributed by atoms with E-state index in [1.54, 1.807) is 11.1 Å². The summed E-state index contributed by atoms with van der Waals surface area (Å²) in [5, 5.41) is 2.41. The summed E-state index contributed by atoms with van der Waals surface area (Å²) in [7, 11) is 0. The van der Waals surface area contributed by atoms with E-state index in [1.165, 1.54) is 98.0 Å². The maximum atomic E-state index is 6.58. The molecule has 3 unspecified atom stereocenters. The molecule has 0 N–H and O–H groups in total. The van der Waals surface area contributed by atoms with Crippen LogP contribution in [-0.4, -0.2) is 0 Å². The van der Waals surface area contributed by atoms with E-state index in [2.05, 4.69) is 149 Å². The lowest BCUT2D eigenvalue weighted by atomic mass is 9.67. The molecule has 4 aliphatic carbocycles. The second kappa shape index (κ2) is 10.0. The Kier molecular flexibility index (Phi) is 5.83. The zero-order valence-electron chi connectivity index (χ0n) is 30.2. The van der Waals surface area contributed by atoms with Crippen molar-refractivity contribution in [1.82, 2.24) is 0 Å². The summed E-state index contributed by atoms with van der Waals surface area (Å²) in [5.74, 6) is 1.55. The molecule has 2 fully saturated rings. The Hall–Kier alpha value is -5.08. The van der Waals surface area contributed by atoms with Crippen LogP contribution < -0.4 is 4.90 Å². The summed E-state index contributed by atoms with van der Waals surface area (Å²) >= 11 is 0. The van der Waals surface area contributed by atoms with E-state index in [0.717, 1.165) is 28.6 Å². The number of nitrogens with zero attached hydrogens (tertiary/aromatic N) is 1. The van der Waals surface area contributed by atoms with Crippen molar-refractivity contribution in [2.75, 3.05) is 4.90 Å². The third-order valence-corrected chi connectivity index (χ3v) is 13.6. The molecule has 51 heavy (non-hydrogen) atoms. The van der Waals surface area contributed by atoms with E-state index >= 15 is 0 Å². The molecule has 7 aromatic rings. The van der Waals surface area contributed by atoms with Crippen molar-refractivity contribution in [2.24, 2.45) is 11.8 Å². The fraction of sp³-hybridized carbons (Fsp3) is 0.265. The first-order chi connectivity index (χ1) is 24.7. The van der Waals surface area contributed by atoms with Crippen molar-refractivity contribution in [3.63, 3.8) is 0 Å². The molecule has 0 aliphatic heterocycles. The summed E-state index contributed by atoms with van der Waals surface area (Å²) in [6.07, 6.45) is 5.38. The lowest BCUT2D eigenvalue weighted by Gasteiger charge is -2.37. The van der Waals surface area contributed by atoms with Crippen LogP contribution in [0, 0.1) is 32.6 Å². The normalized spacial score (nSPS) is 21.7. The Labute approximate surface area is 300 Å². The zero-order chi connectivity index (χ0) is 34.4. The summed E-state index contributed by atoms with van der Waals surface area (Å²) in [6, 6.07) is 42.1. The quantitative estimate of drug-likeness (QED) is 0.187. The van der Waals surface area contributed by atoms with Crippen LogP contribution in [0.5, 0.6) is 0 Å². The second-order valence-electron chi connectivity index (χ2n) is 16.8. The molecule has 4 aliphatic rings. The van der Waals surface area contributed by atoms with Gasteiger partial charge in [0.15, 0.2) is 0 Å².